The Balaban J connectivity index is 2.24. The van der Waals surface area contributed by atoms with Crippen molar-refractivity contribution in [3.63, 3.8) is 0 Å². The average Bonchev–Trinajstić information content (AvgIpc) is 2.71. The van der Waals surface area contributed by atoms with E-state index in [0.29, 0.717) is 6.61 Å². The van der Waals surface area contributed by atoms with Gasteiger partial charge in [0.05, 0.1) is 12.3 Å². The van der Waals surface area contributed by atoms with Crippen LogP contribution in [0, 0.1) is 20.8 Å². The highest BCUT2D eigenvalue weighted by atomic mass is 16.5. The second-order valence-electron chi connectivity index (χ2n) is 4.84. The number of imidazole rings is 1. The predicted octanol–water partition coefficient (Wildman–Crippen LogP) is 3.20. The SMILES string of the molecule is COCCn1cc(C)nc1Nc1cc(C)ccc1C. The Kier molecular flexibility index (Phi) is 4.22. The van der Waals surface area contributed by atoms with Gasteiger partial charge >= 0.3 is 0 Å². The number of benzene rings is 1. The third-order valence-corrected chi connectivity index (χ3v) is 3.07. The molecule has 4 heteroatoms. The van der Waals surface area contributed by atoms with Crippen molar-refractivity contribution in [3.05, 3.63) is 41.2 Å². The lowest BCUT2D eigenvalue weighted by molar-refractivity contribution is 0.188. The van der Waals surface area contributed by atoms with Gasteiger partial charge < -0.3 is 14.6 Å². The first kappa shape index (κ1) is 13.6. The predicted molar refractivity (Wildman–Crippen MR) is 78.0 cm³/mol. The van der Waals surface area contributed by atoms with Crippen LogP contribution in [0.15, 0.2) is 24.4 Å². The molecule has 0 unspecified atom stereocenters. The number of nitrogens with one attached hydrogen (secondary N) is 1. The van der Waals surface area contributed by atoms with Crippen molar-refractivity contribution in [3.8, 4) is 0 Å². The number of rotatable bonds is 5. The van der Waals surface area contributed by atoms with Crippen LogP contribution in [-0.2, 0) is 11.3 Å². The maximum Gasteiger partial charge on any atom is 0.207 e. The Morgan fingerprint density at radius 3 is 2.79 bits per heavy atom. The third-order valence-electron chi connectivity index (χ3n) is 3.07. The van der Waals surface area contributed by atoms with Crippen molar-refractivity contribution in [2.45, 2.75) is 27.3 Å². The van der Waals surface area contributed by atoms with E-state index in [2.05, 4.69) is 46.9 Å². The van der Waals surface area contributed by atoms with Gasteiger partial charge in [-0.25, -0.2) is 4.98 Å². The molecule has 1 aromatic carbocycles. The lowest BCUT2D eigenvalue weighted by atomic mass is 10.1. The van der Waals surface area contributed by atoms with E-state index in [1.807, 2.05) is 13.1 Å². The van der Waals surface area contributed by atoms with Crippen LogP contribution in [0.4, 0.5) is 11.6 Å². The minimum atomic E-state index is 0.678. The summed E-state index contributed by atoms with van der Waals surface area (Å²) in [4.78, 5) is 4.53. The van der Waals surface area contributed by atoms with Crippen molar-refractivity contribution in [1.29, 1.82) is 0 Å². The largest absolute Gasteiger partial charge is 0.383 e. The molecule has 0 atom stereocenters. The fraction of sp³-hybridized carbons (Fsp3) is 0.400. The number of ether oxygens (including phenoxy) is 1. The third kappa shape index (κ3) is 3.35. The highest BCUT2D eigenvalue weighted by Gasteiger charge is 2.07. The molecule has 0 radical (unpaired) electrons. The van der Waals surface area contributed by atoms with Gasteiger partial charge in [-0.15, -0.1) is 0 Å². The van der Waals surface area contributed by atoms with Gasteiger partial charge in [0, 0.05) is 25.5 Å². The topological polar surface area (TPSA) is 39.1 Å². The number of methoxy groups -OCH3 is 1. The molecule has 1 aromatic heterocycles. The number of aromatic nitrogens is 2. The van der Waals surface area contributed by atoms with E-state index in [9.17, 15) is 0 Å². The molecule has 0 aliphatic rings. The Morgan fingerprint density at radius 2 is 2.05 bits per heavy atom. The van der Waals surface area contributed by atoms with E-state index in [0.717, 1.165) is 23.9 Å². The first-order valence-electron chi connectivity index (χ1n) is 6.47. The smallest absolute Gasteiger partial charge is 0.207 e. The van der Waals surface area contributed by atoms with Crippen LogP contribution in [-0.4, -0.2) is 23.3 Å². The number of nitrogens with zero attached hydrogens (tertiary/aromatic N) is 2. The van der Waals surface area contributed by atoms with Crippen molar-refractivity contribution < 1.29 is 4.74 Å². The lowest BCUT2D eigenvalue weighted by Gasteiger charge is -2.12. The second kappa shape index (κ2) is 5.89. The van der Waals surface area contributed by atoms with Crippen LogP contribution < -0.4 is 5.32 Å². The average molecular weight is 259 g/mol. The molecule has 0 bridgehead atoms. The summed E-state index contributed by atoms with van der Waals surface area (Å²) in [6.45, 7) is 7.66. The summed E-state index contributed by atoms with van der Waals surface area (Å²) < 4.78 is 7.21. The molecular formula is C15H21N3O. The highest BCUT2D eigenvalue weighted by molar-refractivity contribution is 5.59. The first-order chi connectivity index (χ1) is 9.10. The van der Waals surface area contributed by atoms with Crippen molar-refractivity contribution in [2.24, 2.45) is 0 Å². The van der Waals surface area contributed by atoms with Crippen LogP contribution in [0.2, 0.25) is 0 Å². The quantitative estimate of drug-likeness (QED) is 0.896. The summed E-state index contributed by atoms with van der Waals surface area (Å²) in [5.74, 6) is 0.864. The number of hydrogen-bond donors (Lipinski definition) is 1. The maximum absolute atomic E-state index is 5.13. The van der Waals surface area contributed by atoms with E-state index in [1.54, 1.807) is 7.11 Å². The van der Waals surface area contributed by atoms with Crippen LogP contribution in [0.3, 0.4) is 0 Å². The minimum Gasteiger partial charge on any atom is -0.383 e. The van der Waals surface area contributed by atoms with Crippen molar-refractivity contribution in [2.75, 3.05) is 19.0 Å². The molecule has 0 aliphatic heterocycles. The van der Waals surface area contributed by atoms with Crippen LogP contribution in [0.1, 0.15) is 16.8 Å². The summed E-state index contributed by atoms with van der Waals surface area (Å²) in [5.41, 5.74) is 4.55. The normalized spacial score (nSPS) is 10.7. The van der Waals surface area contributed by atoms with Gasteiger partial charge in [-0.05, 0) is 38.0 Å². The van der Waals surface area contributed by atoms with Gasteiger partial charge in [0.25, 0.3) is 0 Å². The Morgan fingerprint density at radius 1 is 1.26 bits per heavy atom. The molecule has 0 saturated heterocycles. The zero-order valence-corrected chi connectivity index (χ0v) is 12.0. The molecule has 4 nitrogen and oxygen atoms in total. The van der Waals surface area contributed by atoms with Crippen LogP contribution in [0.25, 0.3) is 0 Å². The highest BCUT2D eigenvalue weighted by Crippen LogP contribution is 2.21. The molecule has 0 amide bonds. The molecule has 1 N–H and O–H groups in total. The molecule has 2 rings (SSSR count). The molecule has 0 spiro atoms. The van der Waals surface area contributed by atoms with Crippen LogP contribution in [0.5, 0.6) is 0 Å². The summed E-state index contributed by atoms with van der Waals surface area (Å²) in [5, 5.41) is 3.41. The van der Waals surface area contributed by atoms with E-state index < -0.39 is 0 Å². The molecule has 19 heavy (non-hydrogen) atoms. The van der Waals surface area contributed by atoms with Gasteiger partial charge in [0.1, 0.15) is 0 Å². The maximum atomic E-state index is 5.13. The second-order valence-corrected chi connectivity index (χ2v) is 4.84. The summed E-state index contributed by atoms with van der Waals surface area (Å²) in [6.07, 6.45) is 2.03. The molecule has 0 aliphatic carbocycles. The first-order valence-corrected chi connectivity index (χ1v) is 6.47. The fourth-order valence-electron chi connectivity index (χ4n) is 2.00. The van der Waals surface area contributed by atoms with E-state index >= 15 is 0 Å². The molecule has 0 fully saturated rings. The Labute approximate surface area is 114 Å². The van der Waals surface area contributed by atoms with Crippen molar-refractivity contribution >= 4 is 11.6 Å². The number of anilines is 2. The van der Waals surface area contributed by atoms with Gasteiger partial charge in [-0.1, -0.05) is 12.1 Å². The summed E-state index contributed by atoms with van der Waals surface area (Å²) in [7, 11) is 1.71. The van der Waals surface area contributed by atoms with Crippen molar-refractivity contribution in [1.82, 2.24) is 9.55 Å². The zero-order chi connectivity index (χ0) is 13.8. The zero-order valence-electron chi connectivity index (χ0n) is 12.0. The molecular weight excluding hydrogens is 238 g/mol. The van der Waals surface area contributed by atoms with Crippen LogP contribution >= 0.6 is 0 Å². The minimum absolute atomic E-state index is 0.678. The van der Waals surface area contributed by atoms with E-state index in [1.165, 1.54) is 11.1 Å². The van der Waals surface area contributed by atoms with E-state index in [-0.39, 0.29) is 0 Å². The molecule has 0 saturated carbocycles. The van der Waals surface area contributed by atoms with E-state index in [4.69, 9.17) is 4.74 Å². The Bertz CT molecular complexity index is 561. The number of aryl methyl sites for hydroxylation is 3. The molecule has 102 valence electrons. The van der Waals surface area contributed by atoms with Gasteiger partial charge in [0.2, 0.25) is 5.95 Å². The lowest BCUT2D eigenvalue weighted by Crippen LogP contribution is -2.07. The monoisotopic (exact) mass is 259 g/mol. The summed E-state index contributed by atoms with van der Waals surface area (Å²) in [6, 6.07) is 6.37. The standard InChI is InChI=1S/C15H21N3O/c1-11-5-6-12(2)14(9-11)17-15-16-13(3)10-18(15)7-8-19-4/h5-6,9-10H,7-8H2,1-4H3,(H,16,17). The van der Waals surface area contributed by atoms with Gasteiger partial charge in [-0.2, -0.15) is 0 Å². The molecule has 1 heterocycles. The summed E-state index contributed by atoms with van der Waals surface area (Å²) >= 11 is 0. The molecule has 2 aromatic rings. The Hall–Kier alpha value is -1.81. The van der Waals surface area contributed by atoms with Gasteiger partial charge in [0.15, 0.2) is 0 Å². The fourth-order valence-corrected chi connectivity index (χ4v) is 2.00. The van der Waals surface area contributed by atoms with Gasteiger partial charge in [-0.3, -0.25) is 0 Å². The number of hydrogen-bond acceptors (Lipinski definition) is 3.